The van der Waals surface area contributed by atoms with Crippen LogP contribution in [0.4, 0.5) is 0 Å². The van der Waals surface area contributed by atoms with E-state index < -0.39 is 0 Å². The highest BCUT2D eigenvalue weighted by molar-refractivity contribution is 6.84. The monoisotopic (exact) mass is 677 g/mol. The molecule has 0 aliphatic carbocycles. The second kappa shape index (κ2) is 10.8. The predicted molar refractivity (Wildman–Crippen MR) is 217 cm³/mol. The van der Waals surface area contributed by atoms with Gasteiger partial charge in [-0.1, -0.05) is 103 Å². The Morgan fingerprint density at radius 3 is 1.91 bits per heavy atom. The third kappa shape index (κ3) is 4.19. The molecule has 53 heavy (non-hydrogen) atoms. The first-order valence-electron chi connectivity index (χ1n) is 18.0. The molecule has 0 bridgehead atoms. The summed E-state index contributed by atoms with van der Waals surface area (Å²) in [5, 5.41) is 4.76. The largest absolute Gasteiger partial charge is 0.551 e. The molecule has 0 atom stereocenters. The summed E-state index contributed by atoms with van der Waals surface area (Å²) in [6.07, 6.45) is 0. The van der Waals surface area contributed by atoms with Gasteiger partial charge in [0.25, 0.3) is 0 Å². The van der Waals surface area contributed by atoms with E-state index in [0.717, 1.165) is 89.2 Å². The van der Waals surface area contributed by atoms with Crippen molar-refractivity contribution in [3.05, 3.63) is 170 Å². The van der Waals surface area contributed by atoms with Crippen LogP contribution in [0.25, 0.3) is 82.8 Å². The average molecular weight is 678 g/mol. The van der Waals surface area contributed by atoms with Gasteiger partial charge in [-0.2, -0.15) is 0 Å². The predicted octanol–water partition coefficient (Wildman–Crippen LogP) is 11.3. The highest BCUT2D eigenvalue weighted by Crippen LogP contribution is 2.43. The molecule has 0 N–H and O–H groups in total. The highest BCUT2D eigenvalue weighted by Gasteiger charge is 2.41. The molecule has 8 aromatic carbocycles. The van der Waals surface area contributed by atoms with Crippen LogP contribution in [0.5, 0.6) is 17.2 Å². The molecule has 12 rings (SSSR count). The first-order chi connectivity index (χ1) is 26.2. The van der Waals surface area contributed by atoms with Gasteiger partial charge in [0, 0.05) is 43.7 Å². The van der Waals surface area contributed by atoms with Crippen molar-refractivity contribution < 1.29 is 13.8 Å². The Labute approximate surface area is 305 Å². The molecule has 0 spiro atoms. The highest BCUT2D eigenvalue weighted by atomic mass is 16.5. The molecule has 2 aliphatic heterocycles. The third-order valence-corrected chi connectivity index (χ3v) is 11.1. The zero-order chi connectivity index (χ0) is 34.6. The molecule has 4 nitrogen and oxygen atoms in total. The van der Waals surface area contributed by atoms with Gasteiger partial charge in [0.2, 0.25) is 0 Å². The summed E-state index contributed by atoms with van der Waals surface area (Å²) in [7, 11) is 0. The van der Waals surface area contributed by atoms with Crippen LogP contribution in [0.2, 0.25) is 0 Å². The number of nitrogens with zero attached hydrogens (tertiary/aromatic N) is 1. The summed E-state index contributed by atoms with van der Waals surface area (Å²) in [6.45, 7) is -0.303. The molecule has 0 saturated carbocycles. The maximum Gasteiger partial charge on any atom is 0.434 e. The van der Waals surface area contributed by atoms with Crippen LogP contribution in [-0.4, -0.2) is 11.5 Å². The van der Waals surface area contributed by atoms with E-state index in [0.29, 0.717) is 0 Å². The van der Waals surface area contributed by atoms with Crippen LogP contribution in [0.15, 0.2) is 174 Å². The Kier molecular flexibility index (Phi) is 5.83. The lowest BCUT2D eigenvalue weighted by molar-refractivity contribution is 0.479. The van der Waals surface area contributed by atoms with E-state index in [1.807, 2.05) is 18.2 Å². The zero-order valence-corrected chi connectivity index (χ0v) is 28.4. The fraction of sp³-hybridized carbons (Fsp3) is 0. The number of fused-ring (bicyclic) bond motifs is 10. The number of rotatable bonds is 3. The first-order valence-corrected chi connectivity index (χ1v) is 18.0. The maximum atomic E-state index is 6.85. The van der Waals surface area contributed by atoms with Crippen LogP contribution in [0.1, 0.15) is 0 Å². The Bertz CT molecular complexity index is 3080. The van der Waals surface area contributed by atoms with E-state index in [9.17, 15) is 0 Å². The molecular weight excluding hydrogens is 649 g/mol. The van der Waals surface area contributed by atoms with Gasteiger partial charge in [-0.25, -0.2) is 0 Å². The van der Waals surface area contributed by atoms with Crippen molar-refractivity contribution in [3.8, 4) is 56.3 Å². The maximum absolute atomic E-state index is 6.85. The van der Waals surface area contributed by atoms with E-state index in [2.05, 4.69) is 156 Å². The first kappa shape index (κ1) is 28.7. The Balaban J connectivity index is 0.953. The second-order valence-electron chi connectivity index (χ2n) is 14.0. The lowest BCUT2D eigenvalue weighted by Crippen LogP contribution is -2.53. The Morgan fingerprint density at radius 1 is 0.415 bits per heavy atom. The van der Waals surface area contributed by atoms with Crippen LogP contribution in [-0.2, 0) is 0 Å². The second-order valence-corrected chi connectivity index (χ2v) is 14.0. The third-order valence-electron chi connectivity index (χ3n) is 11.1. The van der Waals surface area contributed by atoms with Crippen molar-refractivity contribution in [1.82, 2.24) is 4.57 Å². The normalized spacial score (nSPS) is 12.8. The van der Waals surface area contributed by atoms with Crippen molar-refractivity contribution in [2.75, 3.05) is 0 Å². The molecule has 0 radical (unpaired) electrons. The van der Waals surface area contributed by atoms with Crippen molar-refractivity contribution in [2.24, 2.45) is 0 Å². The number of hydrogen-bond donors (Lipinski definition) is 0. The summed E-state index contributed by atoms with van der Waals surface area (Å²) in [5.74, 6) is 2.50. The molecule has 5 heteroatoms. The number of ether oxygens (including phenoxy) is 1. The molecule has 2 aromatic heterocycles. The van der Waals surface area contributed by atoms with Crippen LogP contribution < -0.4 is 20.3 Å². The smallest absolute Gasteiger partial charge is 0.434 e. The van der Waals surface area contributed by atoms with E-state index >= 15 is 0 Å². The van der Waals surface area contributed by atoms with Gasteiger partial charge in [-0.3, -0.25) is 0 Å². The number of aromatic nitrogens is 1. The van der Waals surface area contributed by atoms with Crippen molar-refractivity contribution >= 4 is 61.6 Å². The standard InChI is InChI=1S/C48H28BNO3/c1-5-13-41-34(9-1)35-10-2-6-14-42(35)50(41)33-21-17-29(18-22-33)30-20-24-45-40(26-30)49-48-39(37-12-4-8-16-44(37)53-49)25-32(28-47(48)52-45)31-19-23-38-36-11-3-7-15-43(36)51-46(38)27-31/h1-28H. The van der Waals surface area contributed by atoms with Gasteiger partial charge in [0.05, 0.1) is 11.0 Å². The fourth-order valence-corrected chi connectivity index (χ4v) is 8.62. The van der Waals surface area contributed by atoms with Gasteiger partial charge in [0.1, 0.15) is 28.4 Å². The molecule has 0 unspecified atom stereocenters. The molecule has 2 aliphatic rings. The molecule has 0 saturated heterocycles. The SMILES string of the molecule is c1ccc2c(c1)OB1c3cc(-c4ccc(-n5c6ccccc6c6ccccc65)cc4)ccc3Oc3cc(-c4ccc5c(c4)oc4ccccc45)cc-2c31. The van der Waals surface area contributed by atoms with Crippen molar-refractivity contribution in [3.63, 3.8) is 0 Å². The number of hydrogen-bond acceptors (Lipinski definition) is 3. The van der Waals surface area contributed by atoms with Crippen molar-refractivity contribution in [1.29, 1.82) is 0 Å². The topological polar surface area (TPSA) is 36.5 Å². The Hall–Kier alpha value is -6.98. The summed E-state index contributed by atoms with van der Waals surface area (Å²) in [6, 6.07) is 60.0. The lowest BCUT2D eigenvalue weighted by atomic mass is 9.50. The average Bonchev–Trinajstić information content (AvgIpc) is 3.76. The molecule has 0 fully saturated rings. The van der Waals surface area contributed by atoms with Crippen LogP contribution in [0, 0.1) is 0 Å². The minimum absolute atomic E-state index is 0.303. The summed E-state index contributed by atoms with van der Waals surface area (Å²) in [5.41, 5.74) is 14.0. The molecule has 10 aromatic rings. The minimum atomic E-state index is -0.303. The molecule has 246 valence electrons. The Morgan fingerprint density at radius 2 is 1.08 bits per heavy atom. The molecular formula is C48H28BNO3. The van der Waals surface area contributed by atoms with E-state index in [-0.39, 0.29) is 6.92 Å². The number of furan rings is 1. The zero-order valence-electron chi connectivity index (χ0n) is 28.4. The quantitative estimate of drug-likeness (QED) is 0.175. The molecule has 4 heterocycles. The minimum Gasteiger partial charge on any atom is -0.551 e. The molecule has 0 amide bonds. The number of benzene rings is 8. The summed E-state index contributed by atoms with van der Waals surface area (Å²) in [4.78, 5) is 0. The van der Waals surface area contributed by atoms with Crippen LogP contribution in [0.3, 0.4) is 0 Å². The van der Waals surface area contributed by atoms with Crippen LogP contribution >= 0.6 is 0 Å². The summed E-state index contributed by atoms with van der Waals surface area (Å²) >= 11 is 0. The van der Waals surface area contributed by atoms with Crippen molar-refractivity contribution in [2.45, 2.75) is 0 Å². The van der Waals surface area contributed by atoms with Gasteiger partial charge < -0.3 is 18.4 Å². The van der Waals surface area contributed by atoms with Gasteiger partial charge in [-0.15, -0.1) is 0 Å². The van der Waals surface area contributed by atoms with Gasteiger partial charge in [-0.05, 0) is 94.5 Å². The summed E-state index contributed by atoms with van der Waals surface area (Å²) < 4.78 is 22.2. The van der Waals surface area contributed by atoms with E-state index in [4.69, 9.17) is 13.8 Å². The fourth-order valence-electron chi connectivity index (χ4n) is 8.62. The van der Waals surface area contributed by atoms with E-state index in [1.54, 1.807) is 0 Å². The van der Waals surface area contributed by atoms with E-state index in [1.165, 1.54) is 21.8 Å². The lowest BCUT2D eigenvalue weighted by Gasteiger charge is -2.33. The van der Waals surface area contributed by atoms with Gasteiger partial charge in [0.15, 0.2) is 0 Å². The number of para-hydroxylation sites is 4. The van der Waals surface area contributed by atoms with Gasteiger partial charge >= 0.3 is 6.92 Å².